The van der Waals surface area contributed by atoms with Gasteiger partial charge >= 0.3 is 17.8 Å². The molecule has 0 amide bonds. The number of aromatic amines is 1. The Morgan fingerprint density at radius 1 is 0.923 bits per heavy atom. The number of carboxylic acid groups (broad SMARTS) is 1. The summed E-state index contributed by atoms with van der Waals surface area (Å²) in [6.45, 7) is 1.37. The number of carboxylic acids is 1. The van der Waals surface area contributed by atoms with Crippen molar-refractivity contribution in [2.75, 3.05) is 27.4 Å². The lowest BCUT2D eigenvalue weighted by Gasteiger charge is -2.37. The molecule has 5 rings (SSSR count). The summed E-state index contributed by atoms with van der Waals surface area (Å²) in [4.78, 5) is 51.0. The number of methoxy groups -OCH3 is 2. The Balaban J connectivity index is 1.46. The first-order valence-corrected chi connectivity index (χ1v) is 16.8. The second-order valence-corrected chi connectivity index (χ2v) is 12.1. The standard InChI is InChI=1S/C39H42N2O11/c1-26-24-41(37(45)40-36(26)44)34-23-32(52-38(46)49-22-10-5-4-9-13-35(42)43)33(51-34)25-50-39(27-11-7-6-8-12-27,28-14-18-30(47-2)19-15-28)29-16-20-31(48-3)21-17-29/h5-8,10-12,14-21,24,32-34H,4,9,13,22-23,25H2,1-3H3,(H,42,43)(H,40,44,45)/b10-5+/t32-,33+,34+/m0/s1. The Morgan fingerprint density at radius 3 is 2.13 bits per heavy atom. The molecule has 1 fully saturated rings. The molecule has 2 N–H and O–H groups in total. The minimum absolute atomic E-state index is 0.0416. The Bertz CT molecular complexity index is 1890. The number of hydrogen-bond donors (Lipinski definition) is 2. The zero-order chi connectivity index (χ0) is 37.1. The summed E-state index contributed by atoms with van der Waals surface area (Å²) in [6.07, 6.45) is 2.15. The van der Waals surface area contributed by atoms with Crippen LogP contribution in [0.4, 0.5) is 4.79 Å². The van der Waals surface area contributed by atoms with Crippen LogP contribution in [-0.2, 0) is 29.3 Å². The van der Waals surface area contributed by atoms with Gasteiger partial charge in [0.15, 0.2) is 0 Å². The summed E-state index contributed by atoms with van der Waals surface area (Å²) < 4.78 is 36.6. The van der Waals surface area contributed by atoms with Crippen LogP contribution in [0, 0.1) is 6.92 Å². The van der Waals surface area contributed by atoms with Crippen LogP contribution in [-0.4, -0.2) is 66.4 Å². The van der Waals surface area contributed by atoms with Crippen LogP contribution in [0.5, 0.6) is 11.5 Å². The van der Waals surface area contributed by atoms with E-state index in [1.165, 1.54) is 10.8 Å². The molecule has 1 saturated heterocycles. The Morgan fingerprint density at radius 2 is 1.54 bits per heavy atom. The van der Waals surface area contributed by atoms with Gasteiger partial charge in [0, 0.05) is 24.6 Å². The fourth-order valence-electron chi connectivity index (χ4n) is 6.06. The molecule has 13 nitrogen and oxygen atoms in total. The average Bonchev–Trinajstić information content (AvgIpc) is 3.55. The minimum atomic E-state index is -1.21. The van der Waals surface area contributed by atoms with Crippen molar-refractivity contribution < 1.29 is 43.1 Å². The minimum Gasteiger partial charge on any atom is -0.497 e. The highest BCUT2D eigenvalue weighted by atomic mass is 16.7. The van der Waals surface area contributed by atoms with Crippen molar-refractivity contribution in [1.29, 1.82) is 0 Å². The molecule has 0 saturated carbocycles. The van der Waals surface area contributed by atoms with Crippen molar-refractivity contribution in [3.8, 4) is 11.5 Å². The lowest BCUT2D eigenvalue weighted by atomic mass is 9.80. The van der Waals surface area contributed by atoms with E-state index < -0.39 is 47.4 Å². The van der Waals surface area contributed by atoms with E-state index in [1.807, 2.05) is 78.9 Å². The SMILES string of the molecule is COc1ccc(C(OC[C@H]2O[C@@H](n3cc(C)c(=O)[nH]c3=O)C[C@@H]2OC(=O)OC/C=C/CCCC(=O)O)(c2ccccc2)c2ccc(OC)cc2)cc1. The molecular formula is C39H42N2O11. The number of hydrogen-bond acceptors (Lipinski definition) is 10. The van der Waals surface area contributed by atoms with E-state index in [4.69, 9.17) is 33.5 Å². The second kappa shape index (κ2) is 17.5. The average molecular weight is 715 g/mol. The van der Waals surface area contributed by atoms with E-state index in [-0.39, 0.29) is 26.1 Å². The van der Waals surface area contributed by atoms with Crippen molar-refractivity contribution in [2.45, 2.75) is 56.6 Å². The third-order valence-corrected chi connectivity index (χ3v) is 8.75. The van der Waals surface area contributed by atoms with Crippen LogP contribution in [0.2, 0.25) is 0 Å². The summed E-state index contributed by atoms with van der Waals surface area (Å²) in [5.41, 5.74) is 0.266. The second-order valence-electron chi connectivity index (χ2n) is 12.1. The van der Waals surface area contributed by atoms with Crippen LogP contribution >= 0.6 is 0 Å². The number of aliphatic carboxylic acids is 1. The first-order valence-electron chi connectivity index (χ1n) is 16.8. The van der Waals surface area contributed by atoms with Crippen LogP contribution in [0.1, 0.15) is 54.2 Å². The van der Waals surface area contributed by atoms with E-state index in [9.17, 15) is 19.2 Å². The number of allylic oxidation sites excluding steroid dienone is 1. The molecule has 1 aromatic heterocycles. The molecule has 0 radical (unpaired) electrons. The normalized spacial score (nSPS) is 17.2. The number of nitrogens with zero attached hydrogens (tertiary/aromatic N) is 1. The zero-order valence-electron chi connectivity index (χ0n) is 29.2. The summed E-state index contributed by atoms with van der Waals surface area (Å²) in [5, 5.41) is 8.80. The number of benzene rings is 3. The highest BCUT2D eigenvalue weighted by molar-refractivity contribution is 5.66. The third-order valence-electron chi connectivity index (χ3n) is 8.75. The molecule has 0 aliphatic carbocycles. The molecule has 1 aliphatic heterocycles. The fraction of sp³-hybridized carbons (Fsp3) is 0.333. The van der Waals surface area contributed by atoms with Gasteiger partial charge in [-0.3, -0.25) is 19.1 Å². The van der Waals surface area contributed by atoms with Crippen LogP contribution in [0.25, 0.3) is 0 Å². The van der Waals surface area contributed by atoms with Crippen molar-refractivity contribution >= 4 is 12.1 Å². The molecular weight excluding hydrogens is 672 g/mol. The number of aryl methyl sites for hydroxylation is 1. The summed E-state index contributed by atoms with van der Waals surface area (Å²) >= 11 is 0. The molecule has 1 aliphatic rings. The Kier molecular flexibility index (Phi) is 12.7. The van der Waals surface area contributed by atoms with Gasteiger partial charge in [-0.05, 0) is 60.7 Å². The number of carbonyl (C=O) groups excluding carboxylic acids is 1. The number of unbranched alkanes of at least 4 members (excludes halogenated alkanes) is 1. The number of aromatic nitrogens is 2. The molecule has 0 unspecified atom stereocenters. The molecule has 13 heteroatoms. The van der Waals surface area contributed by atoms with Gasteiger partial charge in [0.2, 0.25) is 0 Å². The molecule has 3 aromatic carbocycles. The molecule has 52 heavy (non-hydrogen) atoms. The molecule has 4 aromatic rings. The first kappa shape index (κ1) is 37.6. The molecule has 274 valence electrons. The molecule has 0 spiro atoms. The van der Waals surface area contributed by atoms with Gasteiger partial charge < -0.3 is 33.5 Å². The van der Waals surface area contributed by atoms with E-state index in [1.54, 1.807) is 33.3 Å². The number of carbonyl (C=O) groups is 2. The lowest BCUT2D eigenvalue weighted by molar-refractivity contribution is -0.137. The van der Waals surface area contributed by atoms with Gasteiger partial charge in [0.1, 0.15) is 42.1 Å². The van der Waals surface area contributed by atoms with Gasteiger partial charge in [-0.2, -0.15) is 0 Å². The highest BCUT2D eigenvalue weighted by Crippen LogP contribution is 2.43. The predicted molar refractivity (Wildman–Crippen MR) is 190 cm³/mol. The van der Waals surface area contributed by atoms with Crippen LogP contribution < -0.4 is 20.7 Å². The van der Waals surface area contributed by atoms with Gasteiger partial charge in [-0.15, -0.1) is 0 Å². The van der Waals surface area contributed by atoms with E-state index in [2.05, 4.69) is 4.98 Å². The van der Waals surface area contributed by atoms with Crippen LogP contribution in [0.3, 0.4) is 0 Å². The molecule has 3 atom stereocenters. The quantitative estimate of drug-likeness (QED) is 0.0653. The van der Waals surface area contributed by atoms with Gasteiger partial charge in [-0.25, -0.2) is 9.59 Å². The fourth-order valence-corrected chi connectivity index (χ4v) is 6.06. The van der Waals surface area contributed by atoms with E-state index in [0.29, 0.717) is 29.9 Å². The number of H-pyrrole nitrogens is 1. The maximum absolute atomic E-state index is 12.9. The Hall–Kier alpha value is -5.66. The summed E-state index contributed by atoms with van der Waals surface area (Å²) in [6, 6.07) is 24.7. The largest absolute Gasteiger partial charge is 0.508 e. The van der Waals surface area contributed by atoms with E-state index in [0.717, 1.165) is 16.7 Å². The lowest BCUT2D eigenvalue weighted by Crippen LogP contribution is -2.39. The van der Waals surface area contributed by atoms with Gasteiger partial charge in [-0.1, -0.05) is 66.7 Å². The zero-order valence-corrected chi connectivity index (χ0v) is 29.2. The van der Waals surface area contributed by atoms with Crippen LogP contribution in [0.15, 0.2) is 107 Å². The maximum atomic E-state index is 12.9. The van der Waals surface area contributed by atoms with Crippen molar-refractivity contribution in [3.63, 3.8) is 0 Å². The van der Waals surface area contributed by atoms with Gasteiger partial charge in [0.05, 0.1) is 20.8 Å². The summed E-state index contributed by atoms with van der Waals surface area (Å²) in [5.74, 6) is 0.439. The first-order chi connectivity index (χ1) is 25.1. The molecule has 2 heterocycles. The highest BCUT2D eigenvalue weighted by Gasteiger charge is 2.44. The Labute approximate surface area is 300 Å². The van der Waals surface area contributed by atoms with Crippen molar-refractivity contribution in [2.24, 2.45) is 0 Å². The third kappa shape index (κ3) is 8.97. The predicted octanol–water partition coefficient (Wildman–Crippen LogP) is 5.49. The van der Waals surface area contributed by atoms with Gasteiger partial charge in [0.25, 0.3) is 5.56 Å². The smallest absolute Gasteiger partial charge is 0.497 e. The molecule has 0 bridgehead atoms. The van der Waals surface area contributed by atoms with E-state index >= 15 is 0 Å². The summed E-state index contributed by atoms with van der Waals surface area (Å²) in [7, 11) is 3.18. The number of nitrogens with one attached hydrogen (secondary N) is 1. The van der Waals surface area contributed by atoms with Crippen molar-refractivity contribution in [1.82, 2.24) is 9.55 Å². The topological polar surface area (TPSA) is 165 Å². The number of ether oxygens (including phenoxy) is 6. The number of rotatable bonds is 16. The maximum Gasteiger partial charge on any atom is 0.508 e. The monoisotopic (exact) mass is 714 g/mol. The van der Waals surface area contributed by atoms with Crippen molar-refractivity contribution in [3.05, 3.63) is 140 Å².